The summed E-state index contributed by atoms with van der Waals surface area (Å²) in [6.45, 7) is 2.49. The topological polar surface area (TPSA) is 57.6 Å². The van der Waals surface area contributed by atoms with Gasteiger partial charge in [-0.25, -0.2) is 12.8 Å². The van der Waals surface area contributed by atoms with Crippen LogP contribution in [-0.2, 0) is 22.7 Å². The Bertz CT molecular complexity index is 1170. The lowest BCUT2D eigenvalue weighted by molar-refractivity contribution is -0.140. The predicted octanol–water partition coefficient (Wildman–Crippen LogP) is 5.47. The minimum Gasteiger partial charge on any atom is -0.389 e. The summed E-state index contributed by atoms with van der Waals surface area (Å²) >= 11 is 1.13. The zero-order valence-electron chi connectivity index (χ0n) is 16.1. The van der Waals surface area contributed by atoms with Gasteiger partial charge in [0.2, 0.25) is 10.0 Å². The molecule has 0 aliphatic rings. The first-order chi connectivity index (χ1) is 14.0. The van der Waals surface area contributed by atoms with E-state index in [1.165, 1.54) is 13.8 Å². The standard InChI is InChI=1S/C20H19F4NO3S2/c1-3-30(27,28)25(11-13-8-9-16(21)15(10-13)20(22,23)24)19-18(12(2)26)14-6-4-5-7-17(14)29-19/h4-10,12,26H,3,11H2,1-2H3/t12-/m0/s1. The molecular formula is C20H19F4NO3S2. The highest BCUT2D eigenvalue weighted by atomic mass is 32.2. The number of thiophene rings is 1. The molecular weight excluding hydrogens is 442 g/mol. The molecule has 162 valence electrons. The number of anilines is 1. The average molecular weight is 462 g/mol. The molecule has 2 aromatic carbocycles. The van der Waals surface area contributed by atoms with Gasteiger partial charge in [0.1, 0.15) is 10.8 Å². The van der Waals surface area contributed by atoms with Crippen LogP contribution in [0.25, 0.3) is 10.1 Å². The third-order valence-electron chi connectivity index (χ3n) is 4.62. The number of sulfonamides is 1. The molecule has 0 aliphatic heterocycles. The summed E-state index contributed by atoms with van der Waals surface area (Å²) in [6, 6.07) is 9.44. The van der Waals surface area contributed by atoms with Gasteiger partial charge in [-0.3, -0.25) is 4.31 Å². The molecule has 0 amide bonds. The van der Waals surface area contributed by atoms with Crippen LogP contribution in [0.2, 0.25) is 0 Å². The fourth-order valence-electron chi connectivity index (χ4n) is 3.15. The van der Waals surface area contributed by atoms with Crippen molar-refractivity contribution in [2.45, 2.75) is 32.7 Å². The zero-order chi connectivity index (χ0) is 22.3. The third kappa shape index (κ3) is 4.30. The number of aliphatic hydroxyl groups is 1. The minimum absolute atomic E-state index is 0.0188. The largest absolute Gasteiger partial charge is 0.419 e. The van der Waals surface area contributed by atoms with Gasteiger partial charge in [-0.05, 0) is 37.6 Å². The van der Waals surface area contributed by atoms with Gasteiger partial charge in [-0.2, -0.15) is 13.2 Å². The van der Waals surface area contributed by atoms with Crippen LogP contribution in [0.5, 0.6) is 0 Å². The number of aliphatic hydroxyl groups excluding tert-OH is 1. The van der Waals surface area contributed by atoms with Gasteiger partial charge >= 0.3 is 6.18 Å². The van der Waals surface area contributed by atoms with Crippen molar-refractivity contribution in [1.82, 2.24) is 0 Å². The second kappa shape index (κ2) is 8.16. The fourth-order valence-corrected chi connectivity index (χ4v) is 5.81. The van der Waals surface area contributed by atoms with Crippen LogP contribution in [0.3, 0.4) is 0 Å². The van der Waals surface area contributed by atoms with Gasteiger partial charge in [0.15, 0.2) is 0 Å². The normalized spacial score (nSPS) is 13.6. The third-order valence-corrected chi connectivity index (χ3v) is 7.66. The maximum atomic E-state index is 13.7. The van der Waals surface area contributed by atoms with Gasteiger partial charge in [0.05, 0.1) is 24.0 Å². The fraction of sp³-hybridized carbons (Fsp3) is 0.300. The molecule has 0 saturated heterocycles. The summed E-state index contributed by atoms with van der Waals surface area (Å²) in [6.07, 6.45) is -5.92. The van der Waals surface area contributed by atoms with Crippen molar-refractivity contribution in [1.29, 1.82) is 0 Å². The lowest BCUT2D eigenvalue weighted by Gasteiger charge is -2.25. The Hall–Kier alpha value is -2.17. The molecule has 30 heavy (non-hydrogen) atoms. The molecule has 0 radical (unpaired) electrons. The second-order valence-corrected chi connectivity index (χ2v) is 9.92. The Labute approximate surface area is 175 Å². The highest BCUT2D eigenvalue weighted by Crippen LogP contribution is 2.43. The highest BCUT2D eigenvalue weighted by molar-refractivity contribution is 7.92. The Balaban J connectivity index is 2.18. The number of hydrogen-bond acceptors (Lipinski definition) is 4. The van der Waals surface area contributed by atoms with Crippen LogP contribution in [0.1, 0.15) is 36.6 Å². The first-order valence-electron chi connectivity index (χ1n) is 9.01. The van der Waals surface area contributed by atoms with E-state index in [9.17, 15) is 31.1 Å². The highest BCUT2D eigenvalue weighted by Gasteiger charge is 2.35. The smallest absolute Gasteiger partial charge is 0.389 e. The van der Waals surface area contributed by atoms with Crippen molar-refractivity contribution in [2.24, 2.45) is 0 Å². The summed E-state index contributed by atoms with van der Waals surface area (Å²) in [4.78, 5) is 0. The Morgan fingerprint density at radius 1 is 1.17 bits per heavy atom. The van der Waals surface area contributed by atoms with Crippen molar-refractivity contribution >= 4 is 36.4 Å². The molecule has 3 aromatic rings. The Morgan fingerprint density at radius 3 is 2.43 bits per heavy atom. The van der Waals surface area contributed by atoms with Crippen molar-refractivity contribution in [3.63, 3.8) is 0 Å². The summed E-state index contributed by atoms with van der Waals surface area (Å²) in [5.41, 5.74) is -1.10. The van der Waals surface area contributed by atoms with E-state index in [-0.39, 0.29) is 16.3 Å². The van der Waals surface area contributed by atoms with Gasteiger partial charge in [0, 0.05) is 15.6 Å². The molecule has 1 N–H and O–H groups in total. The van der Waals surface area contributed by atoms with E-state index < -0.39 is 40.2 Å². The first-order valence-corrected chi connectivity index (χ1v) is 11.4. The molecule has 4 nitrogen and oxygen atoms in total. The quantitative estimate of drug-likeness (QED) is 0.496. The number of nitrogens with zero attached hydrogens (tertiary/aromatic N) is 1. The number of benzene rings is 2. The van der Waals surface area contributed by atoms with E-state index in [4.69, 9.17) is 0 Å². The van der Waals surface area contributed by atoms with E-state index >= 15 is 0 Å². The zero-order valence-corrected chi connectivity index (χ0v) is 17.7. The van der Waals surface area contributed by atoms with Crippen molar-refractivity contribution in [3.05, 3.63) is 65.0 Å². The predicted molar refractivity (Wildman–Crippen MR) is 110 cm³/mol. The summed E-state index contributed by atoms with van der Waals surface area (Å²) in [5.74, 6) is -1.73. The number of rotatable bonds is 6. The van der Waals surface area contributed by atoms with Crippen LogP contribution in [-0.4, -0.2) is 19.3 Å². The number of hydrogen-bond donors (Lipinski definition) is 1. The van der Waals surface area contributed by atoms with Crippen molar-refractivity contribution in [3.8, 4) is 0 Å². The number of alkyl halides is 3. The summed E-state index contributed by atoms with van der Waals surface area (Å²) in [5, 5.41) is 11.2. The maximum Gasteiger partial charge on any atom is 0.419 e. The molecule has 0 unspecified atom stereocenters. The first kappa shape index (κ1) is 22.5. The molecule has 0 bridgehead atoms. The molecule has 1 heterocycles. The molecule has 1 atom stereocenters. The molecule has 0 saturated carbocycles. The van der Waals surface area contributed by atoms with Crippen LogP contribution in [0.4, 0.5) is 22.6 Å². The van der Waals surface area contributed by atoms with Gasteiger partial charge in [-0.1, -0.05) is 24.3 Å². The van der Waals surface area contributed by atoms with Crippen LogP contribution >= 0.6 is 11.3 Å². The lowest BCUT2D eigenvalue weighted by atomic mass is 10.1. The van der Waals surface area contributed by atoms with Crippen molar-refractivity contribution in [2.75, 3.05) is 10.1 Å². The van der Waals surface area contributed by atoms with Gasteiger partial charge < -0.3 is 5.11 Å². The lowest BCUT2D eigenvalue weighted by Crippen LogP contribution is -2.32. The molecule has 10 heteroatoms. The summed E-state index contributed by atoms with van der Waals surface area (Å²) < 4.78 is 80.4. The van der Waals surface area contributed by atoms with Gasteiger partial charge in [0.25, 0.3) is 0 Å². The second-order valence-electron chi connectivity index (χ2n) is 6.71. The molecule has 3 rings (SSSR count). The average Bonchev–Trinajstić information content (AvgIpc) is 3.05. The molecule has 0 fully saturated rings. The van der Waals surface area contributed by atoms with Crippen LogP contribution < -0.4 is 4.31 Å². The van der Waals surface area contributed by atoms with E-state index in [0.29, 0.717) is 23.1 Å². The Morgan fingerprint density at radius 2 is 1.83 bits per heavy atom. The van der Waals surface area contributed by atoms with E-state index in [2.05, 4.69) is 0 Å². The maximum absolute atomic E-state index is 13.7. The van der Waals surface area contributed by atoms with E-state index in [1.807, 2.05) is 0 Å². The van der Waals surface area contributed by atoms with E-state index in [0.717, 1.165) is 26.4 Å². The van der Waals surface area contributed by atoms with Gasteiger partial charge in [-0.15, -0.1) is 11.3 Å². The SMILES string of the molecule is CCS(=O)(=O)N(Cc1ccc(F)c(C(F)(F)F)c1)c1sc2ccccc2c1[C@H](C)O. The molecule has 0 spiro atoms. The van der Waals surface area contributed by atoms with Crippen molar-refractivity contribution < 1.29 is 31.1 Å². The Kier molecular flexibility index (Phi) is 6.13. The van der Waals surface area contributed by atoms with Crippen LogP contribution in [0.15, 0.2) is 42.5 Å². The minimum atomic E-state index is -4.91. The number of halogens is 4. The molecule has 0 aliphatic carbocycles. The summed E-state index contributed by atoms with van der Waals surface area (Å²) in [7, 11) is -3.92. The molecule has 1 aromatic heterocycles. The van der Waals surface area contributed by atoms with Crippen LogP contribution in [0, 0.1) is 5.82 Å². The number of fused-ring (bicyclic) bond motifs is 1. The monoisotopic (exact) mass is 461 g/mol. The van der Waals surface area contributed by atoms with E-state index in [1.54, 1.807) is 24.3 Å².